The van der Waals surface area contributed by atoms with Gasteiger partial charge in [-0.25, -0.2) is 0 Å². The van der Waals surface area contributed by atoms with Crippen LogP contribution in [0.25, 0.3) is 0 Å². The van der Waals surface area contributed by atoms with Crippen molar-refractivity contribution in [2.24, 2.45) is 0 Å². The van der Waals surface area contributed by atoms with E-state index in [2.05, 4.69) is 15.5 Å². The van der Waals surface area contributed by atoms with E-state index in [0.29, 0.717) is 27.7 Å². The molecule has 2 aromatic rings. The third-order valence-electron chi connectivity index (χ3n) is 2.95. The second-order valence-corrected chi connectivity index (χ2v) is 5.54. The van der Waals surface area contributed by atoms with Crippen LogP contribution in [0, 0.1) is 0 Å². The Morgan fingerprint density at radius 3 is 2.65 bits per heavy atom. The Bertz CT molecular complexity index is 600. The Kier molecular flexibility index (Phi) is 4.05. The highest BCUT2D eigenvalue weighted by atomic mass is 35.5. The number of nitrogens with zero attached hydrogens (tertiary/aromatic N) is 2. The van der Waals surface area contributed by atoms with Gasteiger partial charge in [0.1, 0.15) is 5.75 Å². The molecular weight excluding hydrogens is 297 g/mol. The van der Waals surface area contributed by atoms with Crippen molar-refractivity contribution in [3.63, 3.8) is 0 Å². The molecule has 104 valence electrons. The summed E-state index contributed by atoms with van der Waals surface area (Å²) in [6, 6.07) is 9.36. The SMILES string of the molecule is Clc1ccc(Oc2ccc(CNC3CC3)nn2)c(Cl)c1. The molecular formula is C14H13Cl2N3O. The van der Waals surface area contributed by atoms with Gasteiger partial charge in [0, 0.05) is 23.7 Å². The fourth-order valence-electron chi connectivity index (χ4n) is 1.70. The van der Waals surface area contributed by atoms with Crippen LogP contribution in [0.2, 0.25) is 10.0 Å². The second-order valence-electron chi connectivity index (χ2n) is 4.69. The molecule has 0 amide bonds. The van der Waals surface area contributed by atoms with Crippen molar-refractivity contribution in [2.45, 2.75) is 25.4 Å². The Labute approximate surface area is 127 Å². The number of benzene rings is 1. The van der Waals surface area contributed by atoms with Gasteiger partial charge in [0.2, 0.25) is 5.88 Å². The van der Waals surface area contributed by atoms with Crippen LogP contribution in [0.1, 0.15) is 18.5 Å². The third kappa shape index (κ3) is 3.60. The zero-order valence-electron chi connectivity index (χ0n) is 10.6. The second kappa shape index (κ2) is 5.95. The molecule has 0 bridgehead atoms. The van der Waals surface area contributed by atoms with Crippen molar-refractivity contribution in [1.82, 2.24) is 15.5 Å². The molecule has 20 heavy (non-hydrogen) atoms. The summed E-state index contributed by atoms with van der Waals surface area (Å²) in [5.41, 5.74) is 0.895. The highest BCUT2D eigenvalue weighted by Crippen LogP contribution is 2.30. The van der Waals surface area contributed by atoms with Crippen LogP contribution in [0.4, 0.5) is 0 Å². The summed E-state index contributed by atoms with van der Waals surface area (Å²) < 4.78 is 5.57. The van der Waals surface area contributed by atoms with E-state index in [1.807, 2.05) is 6.07 Å². The Morgan fingerprint density at radius 2 is 2.00 bits per heavy atom. The number of rotatable bonds is 5. The highest BCUT2D eigenvalue weighted by molar-refractivity contribution is 6.35. The fourth-order valence-corrected chi connectivity index (χ4v) is 2.15. The molecule has 1 heterocycles. The molecule has 6 heteroatoms. The van der Waals surface area contributed by atoms with Gasteiger partial charge in [0.25, 0.3) is 0 Å². The lowest BCUT2D eigenvalue weighted by Gasteiger charge is -2.07. The highest BCUT2D eigenvalue weighted by Gasteiger charge is 2.20. The summed E-state index contributed by atoms with van der Waals surface area (Å²) >= 11 is 11.9. The fraction of sp³-hybridized carbons (Fsp3) is 0.286. The first-order valence-corrected chi connectivity index (χ1v) is 7.15. The predicted octanol–water partition coefficient (Wildman–Crippen LogP) is 3.83. The first kappa shape index (κ1) is 13.6. The molecule has 0 spiro atoms. The van der Waals surface area contributed by atoms with Crippen molar-refractivity contribution in [3.05, 3.63) is 46.1 Å². The van der Waals surface area contributed by atoms with Crippen molar-refractivity contribution in [3.8, 4) is 11.6 Å². The van der Waals surface area contributed by atoms with Crippen molar-refractivity contribution in [1.29, 1.82) is 0 Å². The topological polar surface area (TPSA) is 47.0 Å². The summed E-state index contributed by atoms with van der Waals surface area (Å²) in [4.78, 5) is 0. The maximum atomic E-state index is 6.03. The van der Waals surface area contributed by atoms with Crippen LogP contribution in [-0.4, -0.2) is 16.2 Å². The molecule has 1 aliphatic carbocycles. The molecule has 1 N–H and O–H groups in total. The molecule has 1 fully saturated rings. The van der Waals surface area contributed by atoms with Gasteiger partial charge in [-0.05, 0) is 37.1 Å². The van der Waals surface area contributed by atoms with Crippen LogP contribution < -0.4 is 10.1 Å². The molecule has 1 aromatic carbocycles. The first-order valence-electron chi connectivity index (χ1n) is 6.39. The first-order chi connectivity index (χ1) is 9.70. The Morgan fingerprint density at radius 1 is 1.15 bits per heavy atom. The van der Waals surface area contributed by atoms with E-state index in [1.165, 1.54) is 12.8 Å². The van der Waals surface area contributed by atoms with E-state index in [1.54, 1.807) is 24.3 Å². The number of halogens is 2. The standard InChI is InChI=1S/C14H13Cl2N3O/c15-9-1-5-13(12(16)7-9)20-14-6-4-11(18-19-14)8-17-10-2-3-10/h1,4-7,10,17H,2-3,8H2. The van der Waals surface area contributed by atoms with Gasteiger partial charge in [-0.3, -0.25) is 0 Å². The lowest BCUT2D eigenvalue weighted by Crippen LogP contribution is -2.16. The summed E-state index contributed by atoms with van der Waals surface area (Å²) in [7, 11) is 0. The number of hydrogen-bond acceptors (Lipinski definition) is 4. The molecule has 1 aliphatic rings. The molecule has 3 rings (SSSR count). The Balaban J connectivity index is 1.64. The van der Waals surface area contributed by atoms with Crippen LogP contribution in [0.3, 0.4) is 0 Å². The predicted molar refractivity (Wildman–Crippen MR) is 78.4 cm³/mol. The maximum absolute atomic E-state index is 6.03. The van der Waals surface area contributed by atoms with Crippen LogP contribution in [-0.2, 0) is 6.54 Å². The molecule has 0 saturated heterocycles. The maximum Gasteiger partial charge on any atom is 0.238 e. The van der Waals surface area contributed by atoms with Gasteiger partial charge < -0.3 is 10.1 Å². The van der Waals surface area contributed by atoms with E-state index in [9.17, 15) is 0 Å². The zero-order chi connectivity index (χ0) is 13.9. The number of aromatic nitrogens is 2. The van der Waals surface area contributed by atoms with E-state index in [4.69, 9.17) is 27.9 Å². The molecule has 0 radical (unpaired) electrons. The van der Waals surface area contributed by atoms with Gasteiger partial charge in [0.15, 0.2) is 0 Å². The van der Waals surface area contributed by atoms with Crippen LogP contribution >= 0.6 is 23.2 Å². The number of nitrogens with one attached hydrogen (secondary N) is 1. The summed E-state index contributed by atoms with van der Waals surface area (Å²) in [6.45, 7) is 0.736. The van der Waals surface area contributed by atoms with Gasteiger partial charge >= 0.3 is 0 Å². The summed E-state index contributed by atoms with van der Waals surface area (Å²) in [6.07, 6.45) is 2.51. The molecule has 0 aliphatic heterocycles. The van der Waals surface area contributed by atoms with Crippen molar-refractivity contribution in [2.75, 3.05) is 0 Å². The number of ether oxygens (including phenoxy) is 1. The van der Waals surface area contributed by atoms with Gasteiger partial charge in [-0.15, -0.1) is 5.10 Å². The van der Waals surface area contributed by atoms with Gasteiger partial charge in [-0.2, -0.15) is 5.10 Å². The lowest BCUT2D eigenvalue weighted by atomic mass is 10.3. The van der Waals surface area contributed by atoms with Crippen molar-refractivity contribution < 1.29 is 4.74 Å². The average molecular weight is 310 g/mol. The van der Waals surface area contributed by atoms with E-state index in [0.717, 1.165) is 12.2 Å². The summed E-state index contributed by atoms with van der Waals surface area (Å²) in [5, 5.41) is 12.5. The van der Waals surface area contributed by atoms with Gasteiger partial charge in [-0.1, -0.05) is 23.2 Å². The third-order valence-corrected chi connectivity index (χ3v) is 3.48. The lowest BCUT2D eigenvalue weighted by molar-refractivity contribution is 0.453. The summed E-state index contributed by atoms with van der Waals surface area (Å²) in [5.74, 6) is 0.915. The minimum atomic E-state index is 0.407. The molecule has 4 nitrogen and oxygen atoms in total. The molecule has 1 saturated carbocycles. The van der Waals surface area contributed by atoms with E-state index in [-0.39, 0.29) is 0 Å². The van der Waals surface area contributed by atoms with Crippen LogP contribution in [0.5, 0.6) is 11.6 Å². The van der Waals surface area contributed by atoms with E-state index >= 15 is 0 Å². The minimum Gasteiger partial charge on any atom is -0.436 e. The number of hydrogen-bond donors (Lipinski definition) is 1. The normalized spacial score (nSPS) is 14.3. The molecule has 0 atom stereocenters. The minimum absolute atomic E-state index is 0.407. The molecule has 1 aromatic heterocycles. The molecule has 0 unspecified atom stereocenters. The van der Waals surface area contributed by atoms with Gasteiger partial charge in [0.05, 0.1) is 10.7 Å². The van der Waals surface area contributed by atoms with Crippen molar-refractivity contribution >= 4 is 23.2 Å². The Hall–Kier alpha value is -1.36. The van der Waals surface area contributed by atoms with E-state index < -0.39 is 0 Å². The average Bonchev–Trinajstić information content (AvgIpc) is 3.25. The quantitative estimate of drug-likeness (QED) is 0.912. The van der Waals surface area contributed by atoms with Crippen LogP contribution in [0.15, 0.2) is 30.3 Å². The monoisotopic (exact) mass is 309 g/mol. The zero-order valence-corrected chi connectivity index (χ0v) is 12.2. The largest absolute Gasteiger partial charge is 0.436 e. The smallest absolute Gasteiger partial charge is 0.238 e.